The Labute approximate surface area is 154 Å². The van der Waals surface area contributed by atoms with Crippen molar-refractivity contribution in [3.05, 3.63) is 0 Å². The molecule has 6 nitrogen and oxygen atoms in total. The molecular formula is C18H37N3O3S. The lowest BCUT2D eigenvalue weighted by molar-refractivity contribution is -0.126. The molecule has 1 rings (SSSR count). The molecule has 1 fully saturated rings. The highest BCUT2D eigenvalue weighted by Gasteiger charge is 2.31. The van der Waals surface area contributed by atoms with Gasteiger partial charge in [0, 0.05) is 39.3 Å². The highest BCUT2D eigenvalue weighted by atomic mass is 32.2. The molecule has 1 atom stereocenters. The summed E-state index contributed by atoms with van der Waals surface area (Å²) in [4.78, 5) is 14.8. The zero-order chi connectivity index (χ0) is 19.0. The molecule has 1 saturated heterocycles. The second-order valence-corrected chi connectivity index (χ2v) is 10.2. The molecule has 7 heteroatoms. The van der Waals surface area contributed by atoms with Crippen LogP contribution in [-0.2, 0) is 14.8 Å². The van der Waals surface area contributed by atoms with Crippen molar-refractivity contribution < 1.29 is 13.2 Å². The first-order chi connectivity index (χ1) is 11.7. The van der Waals surface area contributed by atoms with Crippen molar-refractivity contribution in [1.29, 1.82) is 0 Å². The third-order valence-electron chi connectivity index (χ3n) is 4.49. The van der Waals surface area contributed by atoms with E-state index < -0.39 is 10.0 Å². The number of carbonyl (C=O) groups is 1. The van der Waals surface area contributed by atoms with Crippen LogP contribution < -0.4 is 5.32 Å². The number of amides is 1. The fourth-order valence-electron chi connectivity index (χ4n) is 3.36. The van der Waals surface area contributed by atoms with Gasteiger partial charge in [0.2, 0.25) is 15.9 Å². The highest BCUT2D eigenvalue weighted by Crippen LogP contribution is 2.19. The van der Waals surface area contributed by atoms with E-state index in [0.29, 0.717) is 31.5 Å². The Morgan fingerprint density at radius 3 is 2.32 bits per heavy atom. The van der Waals surface area contributed by atoms with Crippen LogP contribution >= 0.6 is 0 Å². The van der Waals surface area contributed by atoms with Gasteiger partial charge in [0.1, 0.15) is 0 Å². The second kappa shape index (κ2) is 10.5. The van der Waals surface area contributed by atoms with Crippen LogP contribution in [-0.4, -0.2) is 68.6 Å². The number of hydrogen-bond donors (Lipinski definition) is 1. The molecule has 0 aromatic carbocycles. The minimum Gasteiger partial charge on any atom is -0.355 e. The van der Waals surface area contributed by atoms with E-state index in [0.717, 1.165) is 32.5 Å². The summed E-state index contributed by atoms with van der Waals surface area (Å²) in [6.07, 6.45) is 1.52. The zero-order valence-corrected chi connectivity index (χ0v) is 17.4. The lowest BCUT2D eigenvalue weighted by atomic mass is 9.99. The van der Waals surface area contributed by atoms with E-state index in [9.17, 15) is 13.2 Å². The van der Waals surface area contributed by atoms with E-state index >= 15 is 0 Å². The molecule has 0 aromatic heterocycles. The topological polar surface area (TPSA) is 69.7 Å². The minimum absolute atomic E-state index is 0.00922. The summed E-state index contributed by atoms with van der Waals surface area (Å²) in [5, 5.41) is 3.02. The molecule has 1 aliphatic rings. The van der Waals surface area contributed by atoms with Gasteiger partial charge in [0.25, 0.3) is 0 Å². The molecule has 1 aliphatic heterocycles. The van der Waals surface area contributed by atoms with E-state index in [4.69, 9.17) is 0 Å². The largest absolute Gasteiger partial charge is 0.355 e. The molecule has 25 heavy (non-hydrogen) atoms. The third kappa shape index (κ3) is 8.05. The molecule has 1 N–H and O–H groups in total. The molecule has 0 saturated carbocycles. The summed E-state index contributed by atoms with van der Waals surface area (Å²) in [7, 11) is -3.20. The van der Waals surface area contributed by atoms with Crippen molar-refractivity contribution in [1.82, 2.24) is 14.5 Å². The van der Waals surface area contributed by atoms with Crippen LogP contribution in [0.4, 0.5) is 0 Å². The fourth-order valence-corrected chi connectivity index (χ4v) is 4.54. The Morgan fingerprint density at radius 2 is 1.80 bits per heavy atom. The van der Waals surface area contributed by atoms with Crippen LogP contribution in [0, 0.1) is 17.8 Å². The van der Waals surface area contributed by atoms with Gasteiger partial charge in [0.15, 0.2) is 0 Å². The lowest BCUT2D eigenvalue weighted by Crippen LogP contribution is -2.47. The lowest BCUT2D eigenvalue weighted by Gasteiger charge is -2.31. The normalized spacial score (nSPS) is 19.8. The Morgan fingerprint density at radius 1 is 1.20 bits per heavy atom. The first-order valence-electron chi connectivity index (χ1n) is 9.63. The number of nitrogens with one attached hydrogen (secondary N) is 1. The quantitative estimate of drug-likeness (QED) is 0.632. The maximum absolute atomic E-state index is 12.4. The first kappa shape index (κ1) is 22.4. The number of carbonyl (C=O) groups excluding carboxylic acids is 1. The number of nitrogens with zero attached hydrogens (tertiary/aromatic N) is 2. The summed E-state index contributed by atoms with van der Waals surface area (Å²) in [5.41, 5.74) is 0. The number of piperidine rings is 1. The summed E-state index contributed by atoms with van der Waals surface area (Å²) in [5.74, 6) is 1.06. The standard InChI is InChI=1S/C18H37N3O3S/c1-6-25(23,24)21-10-7-8-17(14-21)18(22)19-9-11-20(12-15(2)3)13-16(4)5/h15-17H,6-14H2,1-5H3,(H,19,22)/t17-/m0/s1. The summed E-state index contributed by atoms with van der Waals surface area (Å²) >= 11 is 0. The molecule has 0 aromatic rings. The summed E-state index contributed by atoms with van der Waals surface area (Å²) in [6.45, 7) is 14.8. The number of sulfonamides is 1. The maximum Gasteiger partial charge on any atom is 0.224 e. The van der Waals surface area contributed by atoms with Crippen molar-refractivity contribution >= 4 is 15.9 Å². The number of hydrogen-bond acceptors (Lipinski definition) is 4. The fraction of sp³-hybridized carbons (Fsp3) is 0.944. The van der Waals surface area contributed by atoms with Crippen LogP contribution in [0.25, 0.3) is 0 Å². The van der Waals surface area contributed by atoms with Gasteiger partial charge in [0.05, 0.1) is 11.7 Å². The van der Waals surface area contributed by atoms with Crippen LogP contribution in [0.3, 0.4) is 0 Å². The van der Waals surface area contributed by atoms with Crippen LogP contribution in [0.15, 0.2) is 0 Å². The molecule has 1 amide bonds. The van der Waals surface area contributed by atoms with Gasteiger partial charge >= 0.3 is 0 Å². The Balaban J connectivity index is 2.47. The number of rotatable bonds is 10. The predicted octanol–water partition coefficient (Wildman–Crippen LogP) is 1.78. The van der Waals surface area contributed by atoms with Crippen LogP contribution in [0.2, 0.25) is 0 Å². The smallest absolute Gasteiger partial charge is 0.224 e. The molecule has 0 aliphatic carbocycles. The average molecular weight is 376 g/mol. The van der Waals surface area contributed by atoms with Crippen molar-refractivity contribution in [2.45, 2.75) is 47.5 Å². The molecule has 1 heterocycles. The molecule has 0 bridgehead atoms. The first-order valence-corrected chi connectivity index (χ1v) is 11.2. The molecular weight excluding hydrogens is 338 g/mol. The highest BCUT2D eigenvalue weighted by molar-refractivity contribution is 7.89. The second-order valence-electron chi connectivity index (χ2n) is 7.94. The predicted molar refractivity (Wildman–Crippen MR) is 103 cm³/mol. The van der Waals surface area contributed by atoms with Gasteiger partial charge in [-0.15, -0.1) is 0 Å². The van der Waals surface area contributed by atoms with E-state index in [1.54, 1.807) is 6.92 Å². The van der Waals surface area contributed by atoms with Gasteiger partial charge in [-0.05, 0) is 31.6 Å². The van der Waals surface area contributed by atoms with Crippen molar-refractivity contribution in [3.8, 4) is 0 Å². The van der Waals surface area contributed by atoms with Gasteiger partial charge in [-0.25, -0.2) is 12.7 Å². The van der Waals surface area contributed by atoms with E-state index in [1.165, 1.54) is 4.31 Å². The summed E-state index contributed by atoms with van der Waals surface area (Å²) in [6, 6.07) is 0. The van der Waals surface area contributed by atoms with Crippen LogP contribution in [0.1, 0.15) is 47.5 Å². The van der Waals surface area contributed by atoms with Crippen molar-refractivity contribution in [2.24, 2.45) is 17.8 Å². The Bertz CT molecular complexity index is 496. The molecule has 0 unspecified atom stereocenters. The van der Waals surface area contributed by atoms with E-state index in [-0.39, 0.29) is 17.6 Å². The van der Waals surface area contributed by atoms with Gasteiger partial charge in [-0.2, -0.15) is 0 Å². The maximum atomic E-state index is 12.4. The Kier molecular flexibility index (Phi) is 9.38. The van der Waals surface area contributed by atoms with Crippen LogP contribution in [0.5, 0.6) is 0 Å². The van der Waals surface area contributed by atoms with E-state index in [1.807, 2.05) is 0 Å². The Hall–Kier alpha value is -0.660. The summed E-state index contributed by atoms with van der Waals surface area (Å²) < 4.78 is 25.5. The minimum atomic E-state index is -3.20. The van der Waals surface area contributed by atoms with Crippen molar-refractivity contribution in [2.75, 3.05) is 45.0 Å². The van der Waals surface area contributed by atoms with E-state index in [2.05, 4.69) is 37.9 Å². The average Bonchev–Trinajstić information content (AvgIpc) is 2.53. The monoisotopic (exact) mass is 375 g/mol. The van der Waals surface area contributed by atoms with Gasteiger partial charge < -0.3 is 10.2 Å². The zero-order valence-electron chi connectivity index (χ0n) is 16.6. The molecule has 148 valence electrons. The van der Waals surface area contributed by atoms with Gasteiger partial charge in [-0.3, -0.25) is 4.79 Å². The molecule has 0 spiro atoms. The SMILES string of the molecule is CCS(=O)(=O)N1CCC[C@H](C(=O)NCCN(CC(C)C)CC(C)C)C1. The van der Waals surface area contributed by atoms with Crippen molar-refractivity contribution in [3.63, 3.8) is 0 Å². The third-order valence-corrected chi connectivity index (χ3v) is 6.34. The van der Waals surface area contributed by atoms with Gasteiger partial charge in [-0.1, -0.05) is 27.7 Å². The molecule has 0 radical (unpaired) electrons.